The molecule has 5 rings (SSSR count). The molecule has 4 aromatic carbocycles. The number of nitriles is 1. The molecule has 0 spiro atoms. The van der Waals surface area contributed by atoms with Crippen LogP contribution in [0.25, 0.3) is 0 Å². The zero-order valence-corrected chi connectivity index (χ0v) is 25.3. The first-order valence-electron chi connectivity index (χ1n) is 13.6. The van der Waals surface area contributed by atoms with Crippen LogP contribution in [0.2, 0.25) is 0 Å². The minimum Gasteiger partial charge on any atom is -0.207 e. The molecule has 1 aromatic heterocycles. The molecule has 0 aliphatic rings. The molecule has 0 amide bonds. The number of aryl methyl sites for hydroxylation is 1. The van der Waals surface area contributed by atoms with E-state index in [2.05, 4.69) is 0 Å². The van der Waals surface area contributed by atoms with Crippen molar-refractivity contribution in [2.24, 2.45) is 7.05 Å². The molecule has 0 aliphatic carbocycles. The Morgan fingerprint density at radius 2 is 0.593 bits per heavy atom. The van der Waals surface area contributed by atoms with Gasteiger partial charge in [-0.15, -0.1) is 21.9 Å². The molecule has 1 heterocycles. The molecule has 5 aromatic rings. The van der Waals surface area contributed by atoms with Gasteiger partial charge in [0.2, 0.25) is 0 Å². The smallest absolute Gasteiger partial charge is 0.200 e. The van der Waals surface area contributed by atoms with E-state index in [0.29, 0.717) is 5.56 Å². The molecule has 0 bridgehead atoms. The van der Waals surface area contributed by atoms with Gasteiger partial charge in [-0.25, -0.2) is 92.4 Å². The molecular formula is C31H7BF20N2. The van der Waals surface area contributed by atoms with Crippen LogP contribution in [0.4, 0.5) is 87.8 Å². The maximum Gasteiger partial charge on any atom is 0.200 e. The lowest BCUT2D eigenvalue weighted by atomic mass is 9.12. The average molecular weight is 798 g/mol. The monoisotopic (exact) mass is 798 g/mol. The Morgan fingerprint density at radius 1 is 0.389 bits per heavy atom. The van der Waals surface area contributed by atoms with Crippen molar-refractivity contribution in [3.63, 3.8) is 0 Å². The Hall–Kier alpha value is -5.82. The van der Waals surface area contributed by atoms with Crippen LogP contribution >= 0.6 is 0 Å². The lowest BCUT2D eigenvalue weighted by Crippen LogP contribution is -2.81. The maximum atomic E-state index is 15.4. The highest BCUT2D eigenvalue weighted by atomic mass is 19.2. The predicted molar refractivity (Wildman–Crippen MR) is 142 cm³/mol. The predicted octanol–water partition coefficient (Wildman–Crippen LogP) is 6.23. The fourth-order valence-corrected chi connectivity index (χ4v) is 5.53. The second-order valence-corrected chi connectivity index (χ2v) is 10.7. The summed E-state index contributed by atoms with van der Waals surface area (Å²) in [6.07, 6.45) is -3.55. The number of pyridine rings is 1. The molecular weight excluding hydrogens is 791 g/mol. The van der Waals surface area contributed by atoms with Crippen molar-refractivity contribution < 1.29 is 92.4 Å². The largest absolute Gasteiger partial charge is 0.207 e. The van der Waals surface area contributed by atoms with E-state index in [1.165, 1.54) is 0 Å². The van der Waals surface area contributed by atoms with Gasteiger partial charge in [0.15, 0.2) is 82.2 Å². The first-order chi connectivity index (χ1) is 25.0. The Kier molecular flexibility index (Phi) is 11.0. The Bertz CT molecular complexity index is 2050. The van der Waals surface area contributed by atoms with E-state index in [1.807, 2.05) is 29.9 Å². The minimum atomic E-state index is -7.22. The van der Waals surface area contributed by atoms with Gasteiger partial charge in [0, 0.05) is 6.07 Å². The van der Waals surface area contributed by atoms with Crippen LogP contribution < -0.4 is 26.4 Å². The van der Waals surface area contributed by atoms with Crippen LogP contribution in [0.3, 0.4) is 0 Å². The molecule has 0 saturated carbocycles. The number of benzene rings is 4. The van der Waals surface area contributed by atoms with Crippen LogP contribution in [-0.4, -0.2) is 6.15 Å². The first-order valence-corrected chi connectivity index (χ1v) is 13.6. The highest BCUT2D eigenvalue weighted by molar-refractivity contribution is 7.20. The number of aromatic nitrogens is 1. The van der Waals surface area contributed by atoms with E-state index in [9.17, 15) is 52.7 Å². The fraction of sp³-hybridized carbons (Fsp3) is 0.0323. The summed E-state index contributed by atoms with van der Waals surface area (Å²) in [6.45, 7) is 0. The molecule has 0 saturated heterocycles. The molecule has 2 nitrogen and oxygen atoms in total. The third kappa shape index (κ3) is 5.92. The van der Waals surface area contributed by atoms with Gasteiger partial charge in [0.1, 0.15) is 71.4 Å². The highest BCUT2D eigenvalue weighted by Gasteiger charge is 2.52. The van der Waals surface area contributed by atoms with E-state index in [4.69, 9.17) is 5.26 Å². The Labute approximate surface area is 285 Å². The summed E-state index contributed by atoms with van der Waals surface area (Å²) in [5.41, 5.74) is -13.6. The molecule has 0 N–H and O–H groups in total. The highest BCUT2D eigenvalue weighted by Crippen LogP contribution is 2.30. The topological polar surface area (TPSA) is 27.7 Å². The zero-order valence-electron chi connectivity index (χ0n) is 25.3. The molecule has 0 fully saturated rings. The van der Waals surface area contributed by atoms with Crippen molar-refractivity contribution in [1.29, 1.82) is 5.26 Å². The number of nitrogens with zero attached hydrogens (tertiary/aromatic N) is 2. The summed E-state index contributed by atoms with van der Waals surface area (Å²) in [6, 6.07) is 5.67. The Morgan fingerprint density at radius 3 is 0.759 bits per heavy atom. The summed E-state index contributed by atoms with van der Waals surface area (Å²) < 4.78 is 296. The molecule has 0 unspecified atom stereocenters. The number of halogens is 20. The number of hydrogen-bond donors (Lipinski definition) is 0. The molecule has 23 heteroatoms. The molecule has 54 heavy (non-hydrogen) atoms. The van der Waals surface area contributed by atoms with Crippen molar-refractivity contribution in [3.8, 4) is 6.07 Å². The average Bonchev–Trinajstić information content (AvgIpc) is 3.14. The third-order valence-electron chi connectivity index (χ3n) is 7.78. The third-order valence-corrected chi connectivity index (χ3v) is 7.78. The lowest BCUT2D eigenvalue weighted by Gasteiger charge is -2.44. The standard InChI is InChI=1S/C24BF20.C7H7N2/c26-5-1(6(27)14(35)21(42)13(5)34)25(2-7(28)15(36)22(43)16(37)8(2)29,3-9(30)17(38)23(44)18(39)10(3)31)4-11(32)19(40)24(45)20(41)12(4)33;1-9-4-2-3-7(5-8)6-9/h;2-4,6H,1H3/q-1;+1. The van der Waals surface area contributed by atoms with Gasteiger partial charge in [-0.2, -0.15) is 5.26 Å². The van der Waals surface area contributed by atoms with Crippen LogP contribution in [0.15, 0.2) is 24.5 Å². The van der Waals surface area contributed by atoms with Crippen molar-refractivity contribution >= 4 is 28.0 Å². The van der Waals surface area contributed by atoms with Crippen molar-refractivity contribution in [3.05, 3.63) is 146 Å². The van der Waals surface area contributed by atoms with Gasteiger partial charge in [0.05, 0.1) is 0 Å². The van der Waals surface area contributed by atoms with Crippen LogP contribution in [0, 0.1) is 128 Å². The molecule has 0 radical (unpaired) electrons. The van der Waals surface area contributed by atoms with Gasteiger partial charge in [-0.05, 0) is 6.07 Å². The summed E-state index contributed by atoms with van der Waals surface area (Å²) in [5.74, 6) is -71.4. The second kappa shape index (κ2) is 14.5. The molecule has 0 atom stereocenters. The molecule has 0 aliphatic heterocycles. The summed E-state index contributed by atoms with van der Waals surface area (Å²) in [7, 11) is 1.89. The summed E-state index contributed by atoms with van der Waals surface area (Å²) in [5, 5.41) is 8.40. The number of rotatable bonds is 4. The second-order valence-electron chi connectivity index (χ2n) is 10.7. The van der Waals surface area contributed by atoms with E-state index >= 15 is 35.1 Å². The SMILES string of the molecule is C[n+]1cccc(C#N)c1.Fc1c(F)c(F)c([B-](c2c(F)c(F)c(F)c(F)c2F)(c2c(F)c(F)c(F)c(F)c2F)c2c(F)c(F)c(F)c(F)c2F)c(F)c1F. The van der Waals surface area contributed by atoms with Crippen molar-refractivity contribution in [1.82, 2.24) is 0 Å². The van der Waals surface area contributed by atoms with Gasteiger partial charge in [-0.1, -0.05) is 0 Å². The van der Waals surface area contributed by atoms with E-state index in [1.54, 1.807) is 12.3 Å². The normalized spacial score (nSPS) is 11.4. The zero-order chi connectivity index (χ0) is 41.0. The lowest BCUT2D eigenvalue weighted by molar-refractivity contribution is -0.671. The summed E-state index contributed by atoms with van der Waals surface area (Å²) >= 11 is 0. The quantitative estimate of drug-likeness (QED) is 0.0698. The van der Waals surface area contributed by atoms with Crippen molar-refractivity contribution in [2.45, 2.75) is 0 Å². The fourth-order valence-electron chi connectivity index (χ4n) is 5.53. The molecule has 284 valence electrons. The van der Waals surface area contributed by atoms with Gasteiger partial charge >= 0.3 is 0 Å². The van der Waals surface area contributed by atoms with E-state index < -0.39 is 144 Å². The van der Waals surface area contributed by atoms with Crippen LogP contribution in [0.5, 0.6) is 0 Å². The van der Waals surface area contributed by atoms with Gasteiger partial charge in [0.25, 0.3) is 0 Å². The van der Waals surface area contributed by atoms with Crippen LogP contribution in [-0.2, 0) is 7.05 Å². The van der Waals surface area contributed by atoms with Gasteiger partial charge < -0.3 is 0 Å². The number of hydrogen-bond acceptors (Lipinski definition) is 1. The van der Waals surface area contributed by atoms with Crippen LogP contribution in [0.1, 0.15) is 5.56 Å². The van der Waals surface area contributed by atoms with Gasteiger partial charge in [-0.3, -0.25) is 0 Å². The Balaban J connectivity index is 0.000000631. The summed E-state index contributed by atoms with van der Waals surface area (Å²) in [4.78, 5) is 0. The van der Waals surface area contributed by atoms with E-state index in [0.717, 1.165) is 0 Å². The first kappa shape index (κ1) is 40.9. The van der Waals surface area contributed by atoms with Crippen molar-refractivity contribution in [2.75, 3.05) is 0 Å². The maximum absolute atomic E-state index is 15.4. The minimum absolute atomic E-state index is 0.694. The van der Waals surface area contributed by atoms with E-state index in [-0.39, 0.29) is 0 Å².